The molecule has 78 valence electrons. The van der Waals surface area contributed by atoms with Gasteiger partial charge in [0, 0.05) is 12.4 Å². The van der Waals surface area contributed by atoms with Gasteiger partial charge in [-0.2, -0.15) is 5.26 Å². The first-order valence-corrected chi connectivity index (χ1v) is 4.64. The highest BCUT2D eigenvalue weighted by Gasteiger charge is 2.13. The van der Waals surface area contributed by atoms with Crippen molar-refractivity contribution in [1.29, 1.82) is 5.26 Å². The number of aromatic carboxylic acids is 1. The van der Waals surface area contributed by atoms with E-state index < -0.39 is 5.97 Å². The molecule has 0 amide bonds. The van der Waals surface area contributed by atoms with Crippen LogP contribution in [0.3, 0.4) is 0 Å². The van der Waals surface area contributed by atoms with Gasteiger partial charge in [-0.15, -0.1) is 0 Å². The second-order valence-electron chi connectivity index (χ2n) is 3.21. The molecule has 0 aliphatic heterocycles. The van der Waals surface area contributed by atoms with Gasteiger partial charge in [0.25, 0.3) is 0 Å². The second-order valence-corrected chi connectivity index (χ2v) is 3.21. The van der Waals surface area contributed by atoms with Crippen LogP contribution in [0.15, 0.2) is 42.7 Å². The number of carboxylic acids is 1. The van der Waals surface area contributed by atoms with Gasteiger partial charge in [-0.3, -0.25) is 0 Å². The van der Waals surface area contributed by atoms with Crippen molar-refractivity contribution >= 4 is 5.97 Å². The van der Waals surface area contributed by atoms with E-state index in [1.165, 1.54) is 6.07 Å². The van der Waals surface area contributed by atoms with Gasteiger partial charge >= 0.3 is 5.97 Å². The Labute approximate surface area is 92.0 Å². The molecule has 0 saturated heterocycles. The lowest BCUT2D eigenvalue weighted by atomic mass is 10.1. The predicted molar refractivity (Wildman–Crippen MR) is 57.4 cm³/mol. The maximum atomic E-state index is 10.9. The summed E-state index contributed by atoms with van der Waals surface area (Å²) in [4.78, 5) is 10.9. The largest absolute Gasteiger partial charge is 0.478 e. The molecule has 0 bridgehead atoms. The van der Waals surface area contributed by atoms with Crippen molar-refractivity contribution in [2.24, 2.45) is 0 Å². The van der Waals surface area contributed by atoms with Crippen molar-refractivity contribution in [3.63, 3.8) is 0 Å². The Balaban J connectivity index is 2.69. The highest BCUT2D eigenvalue weighted by atomic mass is 16.4. The predicted octanol–water partition coefficient (Wildman–Crippen LogP) is 2.05. The van der Waals surface area contributed by atoms with Gasteiger partial charge in [0.2, 0.25) is 0 Å². The third-order valence-corrected chi connectivity index (χ3v) is 2.27. The minimum Gasteiger partial charge on any atom is -0.478 e. The number of carbonyl (C=O) groups is 1. The van der Waals surface area contributed by atoms with E-state index in [1.807, 2.05) is 18.2 Å². The molecule has 0 fully saturated rings. The maximum absolute atomic E-state index is 10.9. The van der Waals surface area contributed by atoms with Gasteiger partial charge in [0.1, 0.15) is 6.07 Å². The van der Waals surface area contributed by atoms with E-state index in [1.54, 1.807) is 29.1 Å². The van der Waals surface area contributed by atoms with Crippen molar-refractivity contribution in [2.45, 2.75) is 0 Å². The first-order chi connectivity index (χ1) is 7.74. The van der Waals surface area contributed by atoms with Gasteiger partial charge in [0.15, 0.2) is 0 Å². The first-order valence-electron chi connectivity index (χ1n) is 4.64. The van der Waals surface area contributed by atoms with Crippen LogP contribution >= 0.6 is 0 Å². The van der Waals surface area contributed by atoms with Gasteiger partial charge in [-0.05, 0) is 24.3 Å². The van der Waals surface area contributed by atoms with Crippen LogP contribution in [0.2, 0.25) is 0 Å². The average Bonchev–Trinajstić information content (AvgIpc) is 2.81. The number of hydrogen-bond donors (Lipinski definition) is 1. The second kappa shape index (κ2) is 3.91. The molecule has 0 spiro atoms. The summed E-state index contributed by atoms with van der Waals surface area (Å²) in [5.74, 6) is -1.09. The zero-order chi connectivity index (χ0) is 11.5. The van der Waals surface area contributed by atoms with E-state index in [0.717, 1.165) is 0 Å². The number of hydrogen-bond acceptors (Lipinski definition) is 2. The number of nitrogens with zero attached hydrogens (tertiary/aromatic N) is 2. The molecule has 0 atom stereocenters. The van der Waals surface area contributed by atoms with Crippen molar-refractivity contribution in [3.05, 3.63) is 53.9 Å². The van der Waals surface area contributed by atoms with Gasteiger partial charge in [-0.25, -0.2) is 4.79 Å². The van der Waals surface area contributed by atoms with Gasteiger partial charge in [0.05, 0.1) is 16.8 Å². The van der Waals surface area contributed by atoms with E-state index in [0.29, 0.717) is 5.69 Å². The molecular formula is C12H8N2O2. The SMILES string of the molecule is N#Cc1c(C(=O)O)cccc1-n1cccc1. The fourth-order valence-corrected chi connectivity index (χ4v) is 1.55. The fraction of sp³-hybridized carbons (Fsp3) is 0. The summed E-state index contributed by atoms with van der Waals surface area (Å²) in [6, 6.07) is 10.3. The molecule has 16 heavy (non-hydrogen) atoms. The van der Waals surface area contributed by atoms with E-state index in [-0.39, 0.29) is 11.1 Å². The molecule has 0 saturated carbocycles. The molecule has 0 radical (unpaired) electrons. The monoisotopic (exact) mass is 212 g/mol. The minimum atomic E-state index is -1.09. The number of benzene rings is 1. The highest BCUT2D eigenvalue weighted by molar-refractivity contribution is 5.92. The molecule has 2 rings (SSSR count). The summed E-state index contributed by atoms with van der Waals surface area (Å²) >= 11 is 0. The number of carboxylic acid groups (broad SMARTS) is 1. The molecule has 1 aromatic carbocycles. The van der Waals surface area contributed by atoms with E-state index in [4.69, 9.17) is 10.4 Å². The van der Waals surface area contributed by atoms with E-state index in [2.05, 4.69) is 0 Å². The van der Waals surface area contributed by atoms with Gasteiger partial charge < -0.3 is 9.67 Å². The van der Waals surface area contributed by atoms with Crippen LogP contribution in [0.4, 0.5) is 0 Å². The van der Waals surface area contributed by atoms with Crippen LogP contribution < -0.4 is 0 Å². The van der Waals surface area contributed by atoms with Crippen LogP contribution in [0.1, 0.15) is 15.9 Å². The van der Waals surface area contributed by atoms with Crippen LogP contribution in [-0.4, -0.2) is 15.6 Å². The molecule has 0 unspecified atom stereocenters. The fourth-order valence-electron chi connectivity index (χ4n) is 1.55. The van der Waals surface area contributed by atoms with Crippen molar-refractivity contribution in [3.8, 4) is 11.8 Å². The molecule has 4 heteroatoms. The molecule has 1 N–H and O–H groups in total. The summed E-state index contributed by atoms with van der Waals surface area (Å²) < 4.78 is 1.71. The Morgan fingerprint density at radius 1 is 1.25 bits per heavy atom. The highest BCUT2D eigenvalue weighted by Crippen LogP contribution is 2.18. The topological polar surface area (TPSA) is 66.0 Å². The zero-order valence-corrected chi connectivity index (χ0v) is 8.29. The molecule has 0 aliphatic carbocycles. The van der Waals surface area contributed by atoms with Crippen molar-refractivity contribution in [1.82, 2.24) is 4.57 Å². The van der Waals surface area contributed by atoms with E-state index in [9.17, 15) is 4.79 Å². The molecule has 1 heterocycles. The molecule has 0 aliphatic rings. The molecule has 1 aromatic heterocycles. The Morgan fingerprint density at radius 3 is 2.50 bits per heavy atom. The Kier molecular flexibility index (Phi) is 2.44. The molecule has 4 nitrogen and oxygen atoms in total. The summed E-state index contributed by atoms with van der Waals surface area (Å²) in [5, 5.41) is 18.0. The third-order valence-electron chi connectivity index (χ3n) is 2.27. The summed E-state index contributed by atoms with van der Waals surface area (Å²) in [5.41, 5.74) is 0.771. The van der Waals surface area contributed by atoms with Crippen molar-refractivity contribution in [2.75, 3.05) is 0 Å². The summed E-state index contributed by atoms with van der Waals surface area (Å²) in [7, 11) is 0. The van der Waals surface area contributed by atoms with Crippen molar-refractivity contribution < 1.29 is 9.90 Å². The zero-order valence-electron chi connectivity index (χ0n) is 8.29. The molecular weight excluding hydrogens is 204 g/mol. The number of rotatable bonds is 2. The summed E-state index contributed by atoms with van der Waals surface area (Å²) in [6.07, 6.45) is 3.53. The summed E-state index contributed by atoms with van der Waals surface area (Å²) in [6.45, 7) is 0. The maximum Gasteiger partial charge on any atom is 0.337 e. The Morgan fingerprint density at radius 2 is 1.94 bits per heavy atom. The normalized spacial score (nSPS) is 9.69. The van der Waals surface area contributed by atoms with Crippen LogP contribution in [0, 0.1) is 11.3 Å². The minimum absolute atomic E-state index is 0.0219. The number of nitriles is 1. The standard InChI is InChI=1S/C12H8N2O2/c13-8-10-9(12(15)16)4-3-5-11(10)14-6-1-2-7-14/h1-7H,(H,15,16). The first kappa shape index (κ1) is 9.99. The lowest BCUT2D eigenvalue weighted by Gasteiger charge is -2.07. The third kappa shape index (κ3) is 1.55. The average molecular weight is 212 g/mol. The smallest absolute Gasteiger partial charge is 0.337 e. The lowest BCUT2D eigenvalue weighted by molar-refractivity contribution is 0.0696. The van der Waals surface area contributed by atoms with Gasteiger partial charge in [-0.1, -0.05) is 6.07 Å². The number of aromatic nitrogens is 1. The Bertz CT molecular complexity index is 565. The van der Waals surface area contributed by atoms with Crippen LogP contribution in [0.5, 0.6) is 0 Å². The van der Waals surface area contributed by atoms with Crippen LogP contribution in [0.25, 0.3) is 5.69 Å². The Hall–Kier alpha value is -2.54. The van der Waals surface area contributed by atoms with Crippen LogP contribution in [-0.2, 0) is 0 Å². The van der Waals surface area contributed by atoms with E-state index >= 15 is 0 Å². The lowest BCUT2D eigenvalue weighted by Crippen LogP contribution is -2.04. The molecule has 2 aromatic rings. The quantitative estimate of drug-likeness (QED) is 0.828.